The summed E-state index contributed by atoms with van der Waals surface area (Å²) in [7, 11) is 0. The Kier molecular flexibility index (Phi) is 7.32. The largest absolute Gasteiger partial charge is 0.479 e. The van der Waals surface area contributed by atoms with Gasteiger partial charge in [-0.25, -0.2) is 9.78 Å². The second kappa shape index (κ2) is 9.67. The van der Waals surface area contributed by atoms with Crippen LogP contribution in [0.25, 0.3) is 11.1 Å². The predicted molar refractivity (Wildman–Crippen MR) is 130 cm³/mol. The van der Waals surface area contributed by atoms with Crippen molar-refractivity contribution in [2.24, 2.45) is 5.41 Å². The number of ether oxygens (including phenoxy) is 2. The lowest BCUT2D eigenvalue weighted by Crippen LogP contribution is -2.39. The van der Waals surface area contributed by atoms with E-state index in [0.717, 1.165) is 42.7 Å². The Hall–Kier alpha value is -2.67. The third-order valence-corrected chi connectivity index (χ3v) is 6.02. The zero-order valence-corrected chi connectivity index (χ0v) is 20.9. The van der Waals surface area contributed by atoms with Crippen LogP contribution >= 0.6 is 0 Å². The van der Waals surface area contributed by atoms with Gasteiger partial charge in [0, 0.05) is 53.9 Å². The van der Waals surface area contributed by atoms with Gasteiger partial charge >= 0.3 is 5.97 Å². The van der Waals surface area contributed by atoms with Crippen LogP contribution in [0.15, 0.2) is 24.5 Å². The van der Waals surface area contributed by atoms with Crippen LogP contribution < -0.4 is 9.64 Å². The summed E-state index contributed by atoms with van der Waals surface area (Å²) in [5.41, 5.74) is 3.50. The fraction of sp³-hybridized carbons (Fsp3) is 0.577. The number of rotatable bonds is 7. The van der Waals surface area contributed by atoms with Crippen LogP contribution in [-0.2, 0) is 9.53 Å². The van der Waals surface area contributed by atoms with Gasteiger partial charge in [0.1, 0.15) is 0 Å². The zero-order chi connectivity index (χ0) is 24.4. The lowest BCUT2D eigenvalue weighted by molar-refractivity contribution is -0.160. The van der Waals surface area contributed by atoms with E-state index in [1.165, 1.54) is 0 Å². The molecule has 0 spiro atoms. The van der Waals surface area contributed by atoms with Crippen LogP contribution in [0.5, 0.6) is 5.88 Å². The number of aryl methyl sites for hydroxylation is 1. The molecular formula is C26H37N3O4. The topological polar surface area (TPSA) is 84.8 Å². The van der Waals surface area contributed by atoms with Crippen molar-refractivity contribution in [3.63, 3.8) is 0 Å². The van der Waals surface area contributed by atoms with E-state index in [1.807, 2.05) is 52.9 Å². The quantitative estimate of drug-likeness (QED) is 0.597. The van der Waals surface area contributed by atoms with Crippen molar-refractivity contribution in [2.45, 2.75) is 73.0 Å². The summed E-state index contributed by atoms with van der Waals surface area (Å²) in [6.07, 6.45) is 4.50. The van der Waals surface area contributed by atoms with Crippen molar-refractivity contribution in [2.75, 3.05) is 24.6 Å². The molecule has 3 rings (SSSR count). The molecule has 1 N–H and O–H groups in total. The Labute approximate surface area is 197 Å². The van der Waals surface area contributed by atoms with Crippen molar-refractivity contribution < 1.29 is 19.4 Å². The fourth-order valence-corrected chi connectivity index (χ4v) is 4.17. The smallest absolute Gasteiger partial charge is 0.337 e. The molecule has 33 heavy (non-hydrogen) atoms. The molecule has 0 aromatic carbocycles. The molecule has 1 aliphatic rings. The maximum atomic E-state index is 12.4. The monoisotopic (exact) mass is 455 g/mol. The number of carbonyl (C=O) groups is 1. The molecule has 2 aromatic heterocycles. The molecule has 3 heterocycles. The van der Waals surface area contributed by atoms with E-state index in [0.29, 0.717) is 23.7 Å². The molecular weight excluding hydrogens is 418 g/mol. The van der Waals surface area contributed by atoms with Crippen molar-refractivity contribution in [1.82, 2.24) is 9.97 Å². The molecule has 0 radical (unpaired) electrons. The highest BCUT2D eigenvalue weighted by Gasteiger charge is 2.35. The number of hydrogen-bond donors (Lipinski definition) is 1. The highest BCUT2D eigenvalue weighted by Crippen LogP contribution is 2.43. The van der Waals surface area contributed by atoms with Gasteiger partial charge < -0.3 is 19.5 Å². The summed E-state index contributed by atoms with van der Waals surface area (Å²) < 4.78 is 11.6. The minimum atomic E-state index is -1.13. The highest BCUT2D eigenvalue weighted by molar-refractivity contribution is 5.86. The van der Waals surface area contributed by atoms with Gasteiger partial charge in [-0.05, 0) is 58.9 Å². The van der Waals surface area contributed by atoms with E-state index < -0.39 is 17.7 Å². The number of hydrogen-bond acceptors (Lipinski definition) is 6. The van der Waals surface area contributed by atoms with Crippen LogP contribution in [0.1, 0.15) is 71.7 Å². The minimum absolute atomic E-state index is 0.258. The van der Waals surface area contributed by atoms with Gasteiger partial charge in [0.25, 0.3) is 0 Å². The van der Waals surface area contributed by atoms with Crippen LogP contribution in [0, 0.1) is 12.3 Å². The standard InChI is InChI=1S/C26H37N3O4/c1-8-32-20-10-9-18(15-28-20)19-16-27-17(2)21(23(24(30)31)33-25(3,4)5)22(19)29-13-11-26(6,7)12-14-29/h9-10,15-16,23H,8,11-14H2,1-7H3,(H,30,31)/t23-/m0/s1. The number of carboxylic acid groups (broad SMARTS) is 1. The Morgan fingerprint density at radius 3 is 2.36 bits per heavy atom. The molecule has 0 amide bonds. The van der Waals surface area contributed by atoms with Gasteiger partial charge in [-0.15, -0.1) is 0 Å². The van der Waals surface area contributed by atoms with Crippen LogP contribution in [0.3, 0.4) is 0 Å². The van der Waals surface area contributed by atoms with Gasteiger partial charge in [-0.1, -0.05) is 13.8 Å². The first-order valence-electron chi connectivity index (χ1n) is 11.7. The lowest BCUT2D eigenvalue weighted by Gasteiger charge is -2.40. The molecule has 0 unspecified atom stereocenters. The summed E-state index contributed by atoms with van der Waals surface area (Å²) in [6.45, 7) is 16.2. The zero-order valence-electron chi connectivity index (χ0n) is 20.9. The number of anilines is 1. The van der Waals surface area contributed by atoms with Gasteiger partial charge in [0.15, 0.2) is 6.10 Å². The van der Waals surface area contributed by atoms with Gasteiger partial charge in [0.2, 0.25) is 5.88 Å². The third-order valence-electron chi connectivity index (χ3n) is 6.02. The van der Waals surface area contributed by atoms with Crippen LogP contribution in [0.4, 0.5) is 5.69 Å². The second-order valence-corrected chi connectivity index (χ2v) is 10.4. The first-order valence-corrected chi connectivity index (χ1v) is 11.7. The summed E-state index contributed by atoms with van der Waals surface area (Å²) in [4.78, 5) is 23.8. The van der Waals surface area contributed by atoms with Gasteiger partial charge in [-0.3, -0.25) is 4.98 Å². The number of piperidine rings is 1. The average Bonchev–Trinajstić information content (AvgIpc) is 2.72. The molecule has 1 fully saturated rings. The number of pyridine rings is 2. The number of aromatic nitrogens is 2. The molecule has 1 saturated heterocycles. The van der Waals surface area contributed by atoms with Crippen molar-refractivity contribution in [3.8, 4) is 17.0 Å². The van der Waals surface area contributed by atoms with E-state index in [4.69, 9.17) is 9.47 Å². The number of aliphatic carboxylic acids is 1. The molecule has 7 nitrogen and oxygen atoms in total. The second-order valence-electron chi connectivity index (χ2n) is 10.4. The normalized spacial score (nSPS) is 17.0. The molecule has 0 bridgehead atoms. The van der Waals surface area contributed by atoms with Crippen molar-refractivity contribution in [3.05, 3.63) is 35.8 Å². The summed E-state index contributed by atoms with van der Waals surface area (Å²) in [6, 6.07) is 3.79. The minimum Gasteiger partial charge on any atom is -0.479 e. The Morgan fingerprint density at radius 1 is 1.18 bits per heavy atom. The Balaban J connectivity index is 2.19. The summed E-state index contributed by atoms with van der Waals surface area (Å²) in [5.74, 6) is -0.460. The average molecular weight is 456 g/mol. The van der Waals surface area contributed by atoms with Crippen LogP contribution in [0.2, 0.25) is 0 Å². The summed E-state index contributed by atoms with van der Waals surface area (Å²) in [5, 5.41) is 10.2. The third kappa shape index (κ3) is 6.02. The maximum Gasteiger partial charge on any atom is 0.337 e. The molecule has 2 aromatic rings. The van der Waals surface area contributed by atoms with E-state index in [9.17, 15) is 9.90 Å². The molecule has 1 atom stereocenters. The van der Waals surface area contributed by atoms with E-state index >= 15 is 0 Å². The molecule has 1 aliphatic heterocycles. The first-order chi connectivity index (χ1) is 15.4. The number of nitrogens with zero attached hydrogens (tertiary/aromatic N) is 3. The molecule has 7 heteroatoms. The Bertz CT molecular complexity index is 970. The fourth-order valence-electron chi connectivity index (χ4n) is 4.17. The van der Waals surface area contributed by atoms with Crippen LogP contribution in [-0.4, -0.2) is 46.3 Å². The van der Waals surface area contributed by atoms with E-state index in [2.05, 4.69) is 28.7 Å². The predicted octanol–water partition coefficient (Wildman–Crippen LogP) is 5.42. The first kappa shape index (κ1) is 25.0. The lowest BCUT2D eigenvalue weighted by atomic mass is 9.82. The molecule has 0 saturated carbocycles. The van der Waals surface area contributed by atoms with Crippen molar-refractivity contribution >= 4 is 11.7 Å². The highest BCUT2D eigenvalue weighted by atomic mass is 16.5. The maximum absolute atomic E-state index is 12.4. The Morgan fingerprint density at radius 2 is 1.85 bits per heavy atom. The SMILES string of the molecule is CCOc1ccc(-c2cnc(C)c([C@H](OC(C)(C)C)C(=O)O)c2N2CCC(C)(C)CC2)cn1. The number of carboxylic acids is 1. The van der Waals surface area contributed by atoms with Gasteiger partial charge in [0.05, 0.1) is 17.9 Å². The molecule has 180 valence electrons. The van der Waals surface area contributed by atoms with Crippen molar-refractivity contribution in [1.29, 1.82) is 0 Å². The van der Waals surface area contributed by atoms with E-state index in [-0.39, 0.29) is 5.41 Å². The van der Waals surface area contributed by atoms with E-state index in [1.54, 1.807) is 6.20 Å². The summed E-state index contributed by atoms with van der Waals surface area (Å²) >= 11 is 0. The van der Waals surface area contributed by atoms with Gasteiger partial charge in [-0.2, -0.15) is 0 Å². The molecule has 0 aliphatic carbocycles.